The fourth-order valence-corrected chi connectivity index (χ4v) is 2.83. The van der Waals surface area contributed by atoms with E-state index >= 15 is 0 Å². The quantitative estimate of drug-likeness (QED) is 0.767. The minimum atomic E-state index is -0.635. The van der Waals surface area contributed by atoms with Gasteiger partial charge in [0.1, 0.15) is 18.5 Å². The van der Waals surface area contributed by atoms with Gasteiger partial charge in [-0.25, -0.2) is 0 Å². The molecule has 0 amide bonds. The monoisotopic (exact) mass is 321 g/mol. The van der Waals surface area contributed by atoms with E-state index in [9.17, 15) is 5.11 Å². The number of fused-ring (bicyclic) bond motifs is 1. The summed E-state index contributed by atoms with van der Waals surface area (Å²) in [7, 11) is 0. The lowest BCUT2D eigenvalue weighted by Gasteiger charge is -2.28. The van der Waals surface area contributed by atoms with Gasteiger partial charge in [-0.1, -0.05) is 15.9 Å². The van der Waals surface area contributed by atoms with Gasteiger partial charge in [0.2, 0.25) is 0 Å². The average Bonchev–Trinajstić information content (AvgIpc) is 2.12. The summed E-state index contributed by atoms with van der Waals surface area (Å²) in [6.07, 6.45) is -0.635. The molecule has 0 spiro atoms. The Hall–Kier alpha value is -0.100. The Balaban J connectivity index is 2.54. The lowest BCUT2D eigenvalue weighted by Crippen LogP contribution is -2.35. The highest BCUT2D eigenvalue weighted by molar-refractivity contribution is 9.11. The molecule has 1 aliphatic rings. The maximum absolute atomic E-state index is 9.53. The van der Waals surface area contributed by atoms with Crippen LogP contribution in [0.4, 0.5) is 0 Å². The van der Waals surface area contributed by atoms with E-state index in [2.05, 4.69) is 31.9 Å². The molecule has 3 N–H and O–H groups in total. The summed E-state index contributed by atoms with van der Waals surface area (Å²) in [4.78, 5) is 0. The molecule has 0 aliphatic carbocycles. The molecule has 0 aromatic heterocycles. The third-order valence-electron chi connectivity index (χ3n) is 2.21. The van der Waals surface area contributed by atoms with Crippen LogP contribution in [0.5, 0.6) is 5.75 Å². The van der Waals surface area contributed by atoms with Gasteiger partial charge in [0.05, 0.1) is 10.5 Å². The summed E-state index contributed by atoms with van der Waals surface area (Å²) < 4.78 is 7.16. The average molecular weight is 323 g/mol. The van der Waals surface area contributed by atoms with Crippen LogP contribution in [0.2, 0.25) is 0 Å². The zero-order valence-electron chi connectivity index (χ0n) is 7.21. The van der Waals surface area contributed by atoms with Crippen molar-refractivity contribution in [3.05, 3.63) is 26.6 Å². The summed E-state index contributed by atoms with van der Waals surface area (Å²) in [5, 5.41) is 9.53. The van der Waals surface area contributed by atoms with Gasteiger partial charge in [0.15, 0.2) is 0 Å². The zero-order valence-corrected chi connectivity index (χ0v) is 10.4. The van der Waals surface area contributed by atoms with E-state index in [1.54, 1.807) is 0 Å². The van der Waals surface area contributed by atoms with Gasteiger partial charge < -0.3 is 15.6 Å². The van der Waals surface area contributed by atoms with Crippen LogP contribution in [0.15, 0.2) is 21.1 Å². The first-order valence-corrected chi connectivity index (χ1v) is 5.73. The number of aliphatic hydroxyl groups excluding tert-OH is 1. The highest BCUT2D eigenvalue weighted by Crippen LogP contribution is 2.39. The van der Waals surface area contributed by atoms with E-state index in [-0.39, 0.29) is 12.6 Å². The van der Waals surface area contributed by atoms with Crippen LogP contribution in [-0.4, -0.2) is 17.8 Å². The SMILES string of the molecule is N[C@H]1c2cc(Br)cc(Br)c2OC[C@H]1O. The molecule has 0 radical (unpaired) electrons. The molecule has 0 saturated heterocycles. The molecule has 0 fully saturated rings. The Morgan fingerprint density at radius 3 is 2.86 bits per heavy atom. The van der Waals surface area contributed by atoms with Crippen LogP contribution in [0.1, 0.15) is 11.6 Å². The molecular formula is C9H9Br2NO2. The van der Waals surface area contributed by atoms with Gasteiger partial charge >= 0.3 is 0 Å². The smallest absolute Gasteiger partial charge is 0.138 e. The molecule has 1 heterocycles. The van der Waals surface area contributed by atoms with E-state index in [4.69, 9.17) is 10.5 Å². The standard InChI is InChI=1S/C9H9Br2NO2/c10-4-1-5-8(12)7(13)3-14-9(5)6(11)2-4/h1-2,7-8,13H,3,12H2/t7-,8+/m1/s1. The number of hydrogen-bond donors (Lipinski definition) is 2. The van der Waals surface area contributed by atoms with Crippen LogP contribution in [0.25, 0.3) is 0 Å². The first-order chi connectivity index (χ1) is 6.59. The number of halogens is 2. The van der Waals surface area contributed by atoms with Crippen molar-refractivity contribution in [1.82, 2.24) is 0 Å². The summed E-state index contributed by atoms with van der Waals surface area (Å²) in [5.74, 6) is 0.728. The third kappa shape index (κ3) is 1.69. The third-order valence-corrected chi connectivity index (χ3v) is 3.26. The van der Waals surface area contributed by atoms with Crippen molar-refractivity contribution in [3.8, 4) is 5.75 Å². The van der Waals surface area contributed by atoms with E-state index in [0.29, 0.717) is 0 Å². The number of nitrogens with two attached hydrogens (primary N) is 1. The van der Waals surface area contributed by atoms with E-state index in [1.165, 1.54) is 0 Å². The van der Waals surface area contributed by atoms with Crippen molar-refractivity contribution in [2.45, 2.75) is 12.1 Å². The topological polar surface area (TPSA) is 55.5 Å². The first kappa shape index (κ1) is 10.4. The van der Waals surface area contributed by atoms with Gasteiger partial charge in [-0.3, -0.25) is 0 Å². The molecule has 0 unspecified atom stereocenters. The number of aliphatic hydroxyl groups is 1. The Morgan fingerprint density at radius 2 is 2.14 bits per heavy atom. The van der Waals surface area contributed by atoms with Crippen LogP contribution in [-0.2, 0) is 0 Å². The number of ether oxygens (including phenoxy) is 1. The van der Waals surface area contributed by atoms with Crippen molar-refractivity contribution in [2.24, 2.45) is 5.73 Å². The van der Waals surface area contributed by atoms with Crippen LogP contribution in [0.3, 0.4) is 0 Å². The van der Waals surface area contributed by atoms with E-state index < -0.39 is 6.10 Å². The molecule has 76 valence electrons. The van der Waals surface area contributed by atoms with Crippen LogP contribution in [0, 0.1) is 0 Å². The van der Waals surface area contributed by atoms with Gasteiger partial charge in [0, 0.05) is 10.0 Å². The Morgan fingerprint density at radius 1 is 1.43 bits per heavy atom. The summed E-state index contributed by atoms with van der Waals surface area (Å²) >= 11 is 6.75. The molecule has 1 aromatic carbocycles. The van der Waals surface area contributed by atoms with Crippen molar-refractivity contribution in [1.29, 1.82) is 0 Å². The second-order valence-electron chi connectivity index (χ2n) is 3.21. The second-order valence-corrected chi connectivity index (χ2v) is 4.98. The fraction of sp³-hybridized carbons (Fsp3) is 0.333. The predicted molar refractivity (Wildman–Crippen MR) is 60.3 cm³/mol. The summed E-state index contributed by atoms with van der Waals surface area (Å²) in [6, 6.07) is 3.38. The van der Waals surface area contributed by atoms with E-state index in [1.807, 2.05) is 12.1 Å². The second kappa shape index (κ2) is 3.81. The van der Waals surface area contributed by atoms with Gasteiger partial charge in [-0.2, -0.15) is 0 Å². The molecule has 1 aromatic rings. The Bertz CT molecular complexity index is 370. The van der Waals surface area contributed by atoms with Gasteiger partial charge in [0.25, 0.3) is 0 Å². The molecule has 2 atom stereocenters. The summed E-state index contributed by atoms with van der Waals surface area (Å²) in [6.45, 7) is 0.244. The van der Waals surface area contributed by atoms with Crippen LogP contribution >= 0.6 is 31.9 Å². The first-order valence-electron chi connectivity index (χ1n) is 4.15. The molecular weight excluding hydrogens is 314 g/mol. The maximum Gasteiger partial charge on any atom is 0.138 e. The van der Waals surface area contributed by atoms with Gasteiger partial charge in [-0.15, -0.1) is 0 Å². The van der Waals surface area contributed by atoms with Crippen LogP contribution < -0.4 is 10.5 Å². The maximum atomic E-state index is 9.53. The fourth-order valence-electron chi connectivity index (χ4n) is 1.46. The Labute approximate surface area is 98.5 Å². The van der Waals surface area contributed by atoms with E-state index in [0.717, 1.165) is 20.3 Å². The number of hydrogen-bond acceptors (Lipinski definition) is 3. The molecule has 1 aliphatic heterocycles. The lowest BCUT2D eigenvalue weighted by molar-refractivity contribution is 0.0673. The largest absolute Gasteiger partial charge is 0.489 e. The molecule has 0 saturated carbocycles. The van der Waals surface area contributed by atoms with Gasteiger partial charge in [-0.05, 0) is 28.1 Å². The highest BCUT2D eigenvalue weighted by atomic mass is 79.9. The minimum Gasteiger partial charge on any atom is -0.489 e. The van der Waals surface area contributed by atoms with Crippen molar-refractivity contribution in [3.63, 3.8) is 0 Å². The molecule has 3 nitrogen and oxygen atoms in total. The lowest BCUT2D eigenvalue weighted by atomic mass is 9.99. The molecule has 5 heteroatoms. The highest BCUT2D eigenvalue weighted by Gasteiger charge is 2.28. The zero-order chi connectivity index (χ0) is 10.3. The molecule has 14 heavy (non-hydrogen) atoms. The normalized spacial score (nSPS) is 25.4. The molecule has 0 bridgehead atoms. The predicted octanol–water partition coefficient (Wildman–Crippen LogP) is 1.96. The summed E-state index contributed by atoms with van der Waals surface area (Å²) in [5.41, 5.74) is 6.68. The minimum absolute atomic E-state index is 0.244. The number of rotatable bonds is 0. The molecule has 2 rings (SSSR count). The van der Waals surface area contributed by atoms with Crippen molar-refractivity contribution >= 4 is 31.9 Å². The van der Waals surface area contributed by atoms with Crippen molar-refractivity contribution < 1.29 is 9.84 Å². The van der Waals surface area contributed by atoms with Crippen molar-refractivity contribution in [2.75, 3.05) is 6.61 Å². The Kier molecular flexibility index (Phi) is 2.83. The number of benzene rings is 1.